The van der Waals surface area contributed by atoms with Crippen molar-refractivity contribution in [3.05, 3.63) is 0 Å². The summed E-state index contributed by atoms with van der Waals surface area (Å²) >= 11 is 0. The molecule has 0 heterocycles. The zero-order chi connectivity index (χ0) is 15.6. The summed E-state index contributed by atoms with van der Waals surface area (Å²) in [6.45, 7) is 1.92. The maximum atomic E-state index is 11.8. The van der Waals surface area contributed by atoms with Crippen molar-refractivity contribution in [2.24, 2.45) is 34.6 Å². The normalized spacial score (nSPS) is 37.4. The average molecular weight is 310 g/mol. The van der Waals surface area contributed by atoms with Crippen molar-refractivity contribution in [3.8, 4) is 0 Å². The predicted octanol–water partition coefficient (Wildman–Crippen LogP) is 1.44. The van der Waals surface area contributed by atoms with Crippen LogP contribution in [0.25, 0.3) is 0 Å². The van der Waals surface area contributed by atoms with Crippen molar-refractivity contribution in [3.63, 3.8) is 0 Å². The second kappa shape index (κ2) is 6.85. The second-order valence-electron chi connectivity index (χ2n) is 7.78. The zero-order valence-electron chi connectivity index (χ0n) is 13.5. The Morgan fingerprint density at radius 3 is 2.14 bits per heavy atom. The molecule has 4 rings (SSSR count). The first-order valence-corrected chi connectivity index (χ1v) is 8.79. The van der Waals surface area contributed by atoms with Crippen molar-refractivity contribution in [2.75, 3.05) is 26.4 Å². The lowest BCUT2D eigenvalue weighted by Crippen LogP contribution is -2.49. The van der Waals surface area contributed by atoms with Crippen LogP contribution in [-0.2, 0) is 14.3 Å². The number of rotatable bonds is 9. The fourth-order valence-corrected chi connectivity index (χ4v) is 5.61. The molecule has 5 heteroatoms. The highest BCUT2D eigenvalue weighted by Crippen LogP contribution is 2.61. The molecule has 0 saturated heterocycles. The molecule has 4 aliphatic rings. The molecule has 4 bridgehead atoms. The van der Waals surface area contributed by atoms with Crippen LogP contribution in [-0.4, -0.2) is 38.4 Å². The van der Waals surface area contributed by atoms with Crippen molar-refractivity contribution in [1.82, 2.24) is 0 Å². The van der Waals surface area contributed by atoms with E-state index in [2.05, 4.69) is 0 Å². The van der Waals surface area contributed by atoms with E-state index in [0.29, 0.717) is 31.8 Å². The lowest BCUT2D eigenvalue weighted by molar-refractivity contribution is -0.139. The molecule has 0 aliphatic heterocycles. The van der Waals surface area contributed by atoms with Gasteiger partial charge in [-0.15, -0.1) is 0 Å². The Morgan fingerprint density at radius 2 is 1.64 bits per heavy atom. The molecule has 1 unspecified atom stereocenters. The number of hydrogen-bond donors (Lipinski definition) is 2. The Bertz CT molecular complexity index is 364. The molecule has 126 valence electrons. The minimum absolute atomic E-state index is 0.312. The van der Waals surface area contributed by atoms with Gasteiger partial charge in [0.1, 0.15) is 6.10 Å². The summed E-state index contributed by atoms with van der Waals surface area (Å²) < 4.78 is 11.1. The van der Waals surface area contributed by atoms with Crippen LogP contribution in [0.1, 0.15) is 44.9 Å². The Balaban J connectivity index is 1.53. The SMILES string of the molecule is NCCOCCOC(CC12CC3CC(CC(C3)C1)C2)C(N)=O. The minimum atomic E-state index is -0.460. The van der Waals surface area contributed by atoms with Crippen LogP contribution in [0, 0.1) is 23.2 Å². The van der Waals surface area contributed by atoms with E-state index in [1.807, 2.05) is 0 Å². The summed E-state index contributed by atoms with van der Waals surface area (Å²) in [5, 5.41) is 0. The van der Waals surface area contributed by atoms with Crippen LogP contribution in [0.5, 0.6) is 0 Å². The van der Waals surface area contributed by atoms with Gasteiger partial charge in [-0.1, -0.05) is 0 Å². The number of amides is 1. The second-order valence-corrected chi connectivity index (χ2v) is 7.78. The molecule has 4 aliphatic carbocycles. The third-order valence-corrected chi connectivity index (χ3v) is 5.91. The van der Waals surface area contributed by atoms with Gasteiger partial charge >= 0.3 is 0 Å². The number of hydrogen-bond acceptors (Lipinski definition) is 4. The molecule has 0 spiro atoms. The van der Waals surface area contributed by atoms with Crippen LogP contribution in [0.2, 0.25) is 0 Å². The van der Waals surface area contributed by atoms with Crippen LogP contribution in [0.15, 0.2) is 0 Å². The van der Waals surface area contributed by atoms with Gasteiger partial charge in [-0.2, -0.15) is 0 Å². The van der Waals surface area contributed by atoms with Gasteiger partial charge in [0.2, 0.25) is 5.91 Å². The molecule has 0 aromatic heterocycles. The summed E-state index contributed by atoms with van der Waals surface area (Å²) in [4.78, 5) is 11.8. The number of ether oxygens (including phenoxy) is 2. The van der Waals surface area contributed by atoms with E-state index in [4.69, 9.17) is 20.9 Å². The van der Waals surface area contributed by atoms with Crippen LogP contribution in [0.3, 0.4) is 0 Å². The van der Waals surface area contributed by atoms with Gasteiger partial charge in [-0.05, 0) is 68.1 Å². The van der Waals surface area contributed by atoms with E-state index in [1.54, 1.807) is 0 Å². The maximum absolute atomic E-state index is 11.8. The van der Waals surface area contributed by atoms with Crippen molar-refractivity contribution >= 4 is 5.91 Å². The Kier molecular flexibility index (Phi) is 5.05. The quantitative estimate of drug-likeness (QED) is 0.631. The van der Waals surface area contributed by atoms with Gasteiger partial charge in [-0.25, -0.2) is 0 Å². The molecule has 5 nitrogen and oxygen atoms in total. The minimum Gasteiger partial charge on any atom is -0.378 e. The summed E-state index contributed by atoms with van der Waals surface area (Å²) in [5.41, 5.74) is 11.3. The topological polar surface area (TPSA) is 87.6 Å². The fraction of sp³-hybridized carbons (Fsp3) is 0.941. The molecule has 4 saturated carbocycles. The van der Waals surface area contributed by atoms with Gasteiger partial charge in [0.15, 0.2) is 0 Å². The Morgan fingerprint density at radius 1 is 1.05 bits per heavy atom. The molecule has 1 atom stereocenters. The Hall–Kier alpha value is -0.650. The van der Waals surface area contributed by atoms with E-state index in [-0.39, 0.29) is 5.91 Å². The zero-order valence-corrected chi connectivity index (χ0v) is 13.5. The smallest absolute Gasteiger partial charge is 0.246 e. The van der Waals surface area contributed by atoms with E-state index in [1.165, 1.54) is 38.5 Å². The third-order valence-electron chi connectivity index (χ3n) is 5.91. The fourth-order valence-electron chi connectivity index (χ4n) is 5.61. The van der Waals surface area contributed by atoms with E-state index >= 15 is 0 Å². The molecular weight excluding hydrogens is 280 g/mol. The monoisotopic (exact) mass is 310 g/mol. The standard InChI is InChI=1S/C17H30N2O3/c18-1-2-21-3-4-22-15(16(19)20)11-17-8-12-5-13(9-17)7-14(6-12)10-17/h12-15H,1-11,18H2,(H2,19,20). The maximum Gasteiger partial charge on any atom is 0.246 e. The highest BCUT2D eigenvalue weighted by molar-refractivity contribution is 5.78. The highest BCUT2D eigenvalue weighted by Gasteiger charge is 2.51. The van der Waals surface area contributed by atoms with Gasteiger partial charge < -0.3 is 20.9 Å². The predicted molar refractivity (Wildman–Crippen MR) is 84.0 cm³/mol. The molecule has 0 aromatic carbocycles. The summed E-state index contributed by atoms with van der Waals surface area (Å²) in [6.07, 6.45) is 8.40. The summed E-state index contributed by atoms with van der Waals surface area (Å²) in [7, 11) is 0. The summed E-state index contributed by atoms with van der Waals surface area (Å²) in [5.74, 6) is 2.32. The molecular formula is C17H30N2O3. The number of carbonyl (C=O) groups is 1. The molecule has 22 heavy (non-hydrogen) atoms. The summed E-state index contributed by atoms with van der Waals surface area (Å²) in [6, 6.07) is 0. The van der Waals surface area contributed by atoms with Crippen molar-refractivity contribution in [2.45, 2.75) is 51.0 Å². The average Bonchev–Trinajstić information content (AvgIpc) is 2.44. The van der Waals surface area contributed by atoms with Crippen molar-refractivity contribution in [1.29, 1.82) is 0 Å². The Labute approximate surface area is 133 Å². The molecule has 0 aromatic rings. The molecule has 4 fully saturated rings. The van der Waals surface area contributed by atoms with Gasteiger partial charge in [-0.3, -0.25) is 4.79 Å². The molecule has 1 amide bonds. The van der Waals surface area contributed by atoms with Crippen LogP contribution < -0.4 is 11.5 Å². The highest BCUT2D eigenvalue weighted by atomic mass is 16.5. The lowest BCUT2D eigenvalue weighted by atomic mass is 9.48. The lowest BCUT2D eigenvalue weighted by Gasteiger charge is -2.57. The van der Waals surface area contributed by atoms with Gasteiger partial charge in [0.25, 0.3) is 0 Å². The van der Waals surface area contributed by atoms with Crippen LogP contribution in [0.4, 0.5) is 0 Å². The van der Waals surface area contributed by atoms with E-state index < -0.39 is 6.10 Å². The largest absolute Gasteiger partial charge is 0.378 e. The number of primary amides is 1. The third kappa shape index (κ3) is 3.63. The van der Waals surface area contributed by atoms with Crippen molar-refractivity contribution < 1.29 is 14.3 Å². The first-order chi connectivity index (χ1) is 10.6. The molecule has 0 radical (unpaired) electrons. The first-order valence-electron chi connectivity index (χ1n) is 8.79. The molecule has 4 N–H and O–H groups in total. The van der Waals surface area contributed by atoms with E-state index in [0.717, 1.165) is 24.2 Å². The first kappa shape index (κ1) is 16.2. The van der Waals surface area contributed by atoms with Gasteiger partial charge in [0, 0.05) is 6.54 Å². The van der Waals surface area contributed by atoms with E-state index in [9.17, 15) is 4.79 Å². The number of carbonyl (C=O) groups excluding carboxylic acids is 1. The van der Waals surface area contributed by atoms with Crippen LogP contribution >= 0.6 is 0 Å². The number of nitrogens with two attached hydrogens (primary N) is 2. The van der Waals surface area contributed by atoms with Gasteiger partial charge in [0.05, 0.1) is 19.8 Å².